The van der Waals surface area contributed by atoms with Crippen molar-refractivity contribution < 1.29 is 40.6 Å². The van der Waals surface area contributed by atoms with E-state index in [-0.39, 0.29) is 6.61 Å². The molecule has 0 fully saturated rings. The number of ether oxygens (including phenoxy) is 2. The summed E-state index contributed by atoms with van der Waals surface area (Å²) in [6, 6.07) is 0. The van der Waals surface area contributed by atoms with E-state index in [1.54, 1.807) is 0 Å². The third-order valence-electron chi connectivity index (χ3n) is 2.24. The van der Waals surface area contributed by atoms with Gasteiger partial charge in [0.2, 0.25) is 0 Å². The van der Waals surface area contributed by atoms with Gasteiger partial charge in [0, 0.05) is 17.1 Å². The molecule has 0 N–H and O–H groups in total. The Morgan fingerprint density at radius 2 is 1.86 bits per heavy atom. The number of hydrogen-bond donors (Lipinski definition) is 0. The lowest BCUT2D eigenvalue weighted by atomic mass is 10.1. The number of carbonyl (C=O) groups is 1. The average Bonchev–Trinajstić information content (AvgIpc) is 2.35. The third-order valence-corrected chi connectivity index (χ3v) is 2.80. The van der Waals surface area contributed by atoms with E-state index in [0.29, 0.717) is 6.20 Å². The molecule has 0 unspecified atom stereocenters. The summed E-state index contributed by atoms with van der Waals surface area (Å²) >= 11 is 2.64. The number of carbonyl (C=O) groups excluding carboxylic acids is 1. The molecule has 1 aromatic heterocycles. The highest BCUT2D eigenvalue weighted by Gasteiger charge is 2.41. The van der Waals surface area contributed by atoms with Crippen LogP contribution in [0.25, 0.3) is 0 Å². The molecule has 11 heteroatoms. The largest absolute Gasteiger partial charge is 0.573 e. The Morgan fingerprint density at radius 1 is 1.27 bits per heavy atom. The Morgan fingerprint density at radius 3 is 2.27 bits per heavy atom. The summed E-state index contributed by atoms with van der Waals surface area (Å²) in [5.74, 6) is -2.56. The van der Waals surface area contributed by atoms with Crippen molar-refractivity contribution in [3.63, 3.8) is 0 Å². The molecule has 124 valence electrons. The highest BCUT2D eigenvalue weighted by molar-refractivity contribution is 9.08. The first kappa shape index (κ1) is 18.5. The van der Waals surface area contributed by atoms with Crippen molar-refractivity contribution in [1.82, 2.24) is 4.98 Å². The number of halogens is 7. The number of pyridine rings is 1. The number of aromatic nitrogens is 1. The zero-order valence-electron chi connectivity index (χ0n) is 10.8. The first-order valence-corrected chi connectivity index (χ1v) is 6.71. The van der Waals surface area contributed by atoms with E-state index in [4.69, 9.17) is 0 Å². The Balaban J connectivity index is 3.56. The summed E-state index contributed by atoms with van der Waals surface area (Å²) in [6.45, 7) is 1.19. The van der Waals surface area contributed by atoms with Gasteiger partial charge in [-0.25, -0.2) is 4.79 Å². The molecule has 1 rings (SSSR count). The van der Waals surface area contributed by atoms with Crippen LogP contribution in [0, 0.1) is 0 Å². The van der Waals surface area contributed by atoms with Crippen LogP contribution in [0.3, 0.4) is 0 Å². The molecule has 0 radical (unpaired) electrons. The van der Waals surface area contributed by atoms with Crippen LogP contribution < -0.4 is 4.74 Å². The number of nitrogens with zero attached hydrogens (tertiary/aromatic N) is 1. The highest BCUT2D eigenvalue weighted by atomic mass is 79.9. The Hall–Kier alpha value is -1.52. The fourth-order valence-electron chi connectivity index (χ4n) is 1.49. The van der Waals surface area contributed by atoms with Gasteiger partial charge in [0.25, 0.3) is 0 Å². The molecule has 22 heavy (non-hydrogen) atoms. The van der Waals surface area contributed by atoms with Crippen LogP contribution in [0.4, 0.5) is 26.3 Å². The Bertz CT molecular complexity index is 558. The molecule has 0 aliphatic carbocycles. The van der Waals surface area contributed by atoms with Crippen LogP contribution in [-0.4, -0.2) is 23.9 Å². The molecule has 0 atom stereocenters. The van der Waals surface area contributed by atoms with E-state index < -0.39 is 46.4 Å². The number of rotatable bonds is 4. The van der Waals surface area contributed by atoms with Crippen LogP contribution in [0.2, 0.25) is 0 Å². The molecule has 0 saturated carbocycles. The predicted octanol–water partition coefficient (Wildman–Crippen LogP) is 4.07. The van der Waals surface area contributed by atoms with Gasteiger partial charge in [-0.3, -0.25) is 4.98 Å². The molecule has 0 aromatic carbocycles. The lowest BCUT2D eigenvalue weighted by Gasteiger charge is -2.18. The van der Waals surface area contributed by atoms with Crippen LogP contribution in [0.15, 0.2) is 6.20 Å². The lowest BCUT2D eigenvalue weighted by molar-refractivity contribution is -0.275. The third kappa shape index (κ3) is 4.49. The van der Waals surface area contributed by atoms with Gasteiger partial charge < -0.3 is 9.47 Å². The quantitative estimate of drug-likeness (QED) is 0.438. The predicted molar refractivity (Wildman–Crippen MR) is 64.5 cm³/mol. The Kier molecular flexibility index (Phi) is 5.65. The summed E-state index contributed by atoms with van der Waals surface area (Å²) in [5.41, 5.74) is -3.38. The van der Waals surface area contributed by atoms with Gasteiger partial charge >= 0.3 is 18.5 Å². The smallest absolute Gasteiger partial charge is 0.462 e. The topological polar surface area (TPSA) is 48.4 Å². The minimum absolute atomic E-state index is 0.186. The van der Waals surface area contributed by atoms with Crippen molar-refractivity contribution in [1.29, 1.82) is 0 Å². The second kappa shape index (κ2) is 6.71. The standard InChI is InChI=1S/C11H8BrF6NO3/c1-2-21-9(20)6-4-19-8(10(13,14)15)5(3-12)7(6)22-11(16,17)18/h4H,2-3H2,1H3. The van der Waals surface area contributed by atoms with E-state index in [0.717, 1.165) is 0 Å². The molecule has 0 amide bonds. The van der Waals surface area contributed by atoms with Gasteiger partial charge in [0.05, 0.1) is 6.61 Å². The van der Waals surface area contributed by atoms with E-state index in [9.17, 15) is 31.1 Å². The average molecular weight is 396 g/mol. The second-order valence-corrected chi connectivity index (χ2v) is 4.29. The van der Waals surface area contributed by atoms with Gasteiger partial charge in [-0.05, 0) is 6.92 Å². The molecule has 0 bridgehead atoms. The van der Waals surface area contributed by atoms with E-state index in [2.05, 4.69) is 30.4 Å². The maximum atomic E-state index is 12.8. The fourth-order valence-corrected chi connectivity index (χ4v) is 2.01. The summed E-state index contributed by atoms with van der Waals surface area (Å²) in [4.78, 5) is 14.6. The summed E-state index contributed by atoms with van der Waals surface area (Å²) in [7, 11) is 0. The highest BCUT2D eigenvalue weighted by Crippen LogP contribution is 2.39. The maximum absolute atomic E-state index is 12.8. The molecule has 0 aliphatic rings. The van der Waals surface area contributed by atoms with E-state index in [1.807, 2.05) is 0 Å². The van der Waals surface area contributed by atoms with Crippen LogP contribution in [0.5, 0.6) is 5.75 Å². The number of hydrogen-bond acceptors (Lipinski definition) is 4. The lowest BCUT2D eigenvalue weighted by Crippen LogP contribution is -2.23. The van der Waals surface area contributed by atoms with Gasteiger partial charge in [0.15, 0.2) is 11.4 Å². The zero-order valence-corrected chi connectivity index (χ0v) is 12.4. The van der Waals surface area contributed by atoms with Crippen LogP contribution in [0.1, 0.15) is 28.5 Å². The van der Waals surface area contributed by atoms with Crippen molar-refractivity contribution in [2.45, 2.75) is 24.8 Å². The van der Waals surface area contributed by atoms with E-state index >= 15 is 0 Å². The van der Waals surface area contributed by atoms with E-state index in [1.165, 1.54) is 6.92 Å². The van der Waals surface area contributed by atoms with Crippen molar-refractivity contribution in [3.05, 3.63) is 23.0 Å². The van der Waals surface area contributed by atoms with Gasteiger partial charge in [-0.2, -0.15) is 13.2 Å². The first-order valence-electron chi connectivity index (χ1n) is 5.59. The van der Waals surface area contributed by atoms with Crippen molar-refractivity contribution >= 4 is 21.9 Å². The SMILES string of the molecule is CCOC(=O)c1cnc(C(F)(F)F)c(CBr)c1OC(F)(F)F. The number of alkyl halides is 7. The summed E-state index contributed by atoms with van der Waals surface area (Å²) in [5, 5.41) is -0.659. The molecule has 4 nitrogen and oxygen atoms in total. The van der Waals surface area contributed by atoms with Crippen molar-refractivity contribution in [2.24, 2.45) is 0 Å². The zero-order chi connectivity index (χ0) is 17.1. The molecule has 1 heterocycles. The summed E-state index contributed by atoms with van der Waals surface area (Å²) in [6.07, 6.45) is -9.96. The molecule has 1 aromatic rings. The Labute approximate surface area is 128 Å². The molecule has 0 aliphatic heterocycles. The minimum Gasteiger partial charge on any atom is -0.462 e. The summed E-state index contributed by atoms with van der Waals surface area (Å²) < 4.78 is 83.7. The van der Waals surface area contributed by atoms with Gasteiger partial charge in [-0.1, -0.05) is 15.9 Å². The normalized spacial score (nSPS) is 12.2. The molecular weight excluding hydrogens is 388 g/mol. The van der Waals surface area contributed by atoms with Gasteiger partial charge in [0.1, 0.15) is 5.56 Å². The fraction of sp³-hybridized carbons (Fsp3) is 0.455. The van der Waals surface area contributed by atoms with Crippen molar-refractivity contribution in [2.75, 3.05) is 6.61 Å². The number of esters is 1. The minimum atomic E-state index is -5.29. The maximum Gasteiger partial charge on any atom is 0.573 e. The molecule has 0 spiro atoms. The molecule has 0 saturated heterocycles. The van der Waals surface area contributed by atoms with Crippen molar-refractivity contribution in [3.8, 4) is 5.75 Å². The van der Waals surface area contributed by atoms with Gasteiger partial charge in [-0.15, -0.1) is 13.2 Å². The van der Waals surface area contributed by atoms with Crippen LogP contribution in [-0.2, 0) is 16.2 Å². The first-order chi connectivity index (χ1) is 10.0. The molecular formula is C11H8BrF6NO3. The second-order valence-electron chi connectivity index (χ2n) is 3.73. The van der Waals surface area contributed by atoms with Crippen LogP contribution >= 0.6 is 15.9 Å². The monoisotopic (exact) mass is 395 g/mol.